The highest BCUT2D eigenvalue weighted by atomic mass is 32.2. The van der Waals surface area contributed by atoms with Crippen LogP contribution in [0.25, 0.3) is 0 Å². The van der Waals surface area contributed by atoms with E-state index in [-0.39, 0.29) is 4.87 Å². The zero-order chi connectivity index (χ0) is 8.60. The van der Waals surface area contributed by atoms with Gasteiger partial charge in [0.05, 0.1) is 11.0 Å². The van der Waals surface area contributed by atoms with E-state index in [1.807, 2.05) is 0 Å². The topological polar surface area (TPSA) is 21.3 Å². The lowest BCUT2D eigenvalue weighted by Gasteiger charge is -2.27. The van der Waals surface area contributed by atoms with Gasteiger partial charge in [0.2, 0.25) is 0 Å². The minimum Gasteiger partial charge on any atom is -0.376 e. The van der Waals surface area contributed by atoms with Gasteiger partial charge in [0.25, 0.3) is 0 Å². The SMILES string of the molecule is CCC1CSC2(CCOC2C)N1. The number of rotatable bonds is 1. The van der Waals surface area contributed by atoms with E-state index in [1.54, 1.807) is 0 Å². The molecular weight excluding hydrogens is 170 g/mol. The quantitative estimate of drug-likeness (QED) is 0.674. The van der Waals surface area contributed by atoms with E-state index in [9.17, 15) is 0 Å². The lowest BCUT2D eigenvalue weighted by atomic mass is 10.1. The van der Waals surface area contributed by atoms with Gasteiger partial charge >= 0.3 is 0 Å². The monoisotopic (exact) mass is 187 g/mol. The molecule has 0 radical (unpaired) electrons. The molecule has 0 aromatic heterocycles. The third kappa shape index (κ3) is 1.28. The summed E-state index contributed by atoms with van der Waals surface area (Å²) in [6.07, 6.45) is 2.80. The van der Waals surface area contributed by atoms with Crippen molar-refractivity contribution in [3.8, 4) is 0 Å². The molecule has 2 heterocycles. The van der Waals surface area contributed by atoms with Gasteiger partial charge in [0.15, 0.2) is 0 Å². The molecule has 3 atom stereocenters. The Bertz CT molecular complexity index is 176. The smallest absolute Gasteiger partial charge is 0.0932 e. The van der Waals surface area contributed by atoms with Crippen molar-refractivity contribution < 1.29 is 4.74 Å². The molecule has 1 spiro atoms. The maximum atomic E-state index is 5.60. The van der Waals surface area contributed by atoms with Crippen LogP contribution >= 0.6 is 11.8 Å². The lowest BCUT2D eigenvalue weighted by Crippen LogP contribution is -2.46. The van der Waals surface area contributed by atoms with Crippen LogP contribution < -0.4 is 5.32 Å². The third-order valence-electron chi connectivity index (χ3n) is 2.98. The first-order chi connectivity index (χ1) is 5.77. The Morgan fingerprint density at radius 3 is 3.00 bits per heavy atom. The van der Waals surface area contributed by atoms with E-state index in [4.69, 9.17) is 4.74 Å². The van der Waals surface area contributed by atoms with Crippen LogP contribution in [0.1, 0.15) is 26.7 Å². The minimum absolute atomic E-state index is 0.265. The summed E-state index contributed by atoms with van der Waals surface area (Å²) < 4.78 is 5.60. The molecule has 0 bridgehead atoms. The molecule has 2 aliphatic rings. The highest BCUT2D eigenvalue weighted by Crippen LogP contribution is 2.41. The molecule has 2 rings (SSSR count). The van der Waals surface area contributed by atoms with Gasteiger partial charge in [-0.15, -0.1) is 11.8 Å². The summed E-state index contributed by atoms with van der Waals surface area (Å²) >= 11 is 2.06. The number of ether oxygens (including phenoxy) is 1. The Morgan fingerprint density at radius 2 is 2.50 bits per heavy atom. The summed E-state index contributed by atoms with van der Waals surface area (Å²) in [6, 6.07) is 0.708. The van der Waals surface area contributed by atoms with Crippen molar-refractivity contribution in [3.05, 3.63) is 0 Å². The summed E-state index contributed by atoms with van der Waals surface area (Å²) in [7, 11) is 0. The van der Waals surface area contributed by atoms with Crippen LogP contribution in [-0.2, 0) is 4.74 Å². The summed E-state index contributed by atoms with van der Waals surface area (Å²) in [6.45, 7) is 5.36. The number of nitrogens with one attached hydrogen (secondary N) is 1. The fourth-order valence-electron chi connectivity index (χ4n) is 2.00. The second-order valence-electron chi connectivity index (χ2n) is 3.71. The molecule has 0 aromatic carbocycles. The van der Waals surface area contributed by atoms with Crippen LogP contribution in [0.15, 0.2) is 0 Å². The standard InChI is InChI=1S/C9H17NOS/c1-3-8-6-12-9(10-8)4-5-11-7(9)2/h7-8,10H,3-6H2,1-2H3. The van der Waals surface area contributed by atoms with Crippen molar-refractivity contribution in [2.24, 2.45) is 0 Å². The van der Waals surface area contributed by atoms with Gasteiger partial charge in [0.1, 0.15) is 0 Å². The molecule has 0 saturated carbocycles. The van der Waals surface area contributed by atoms with Crippen molar-refractivity contribution in [2.75, 3.05) is 12.4 Å². The Labute approximate surface area is 78.4 Å². The highest BCUT2D eigenvalue weighted by molar-refractivity contribution is 8.01. The zero-order valence-corrected chi connectivity index (χ0v) is 8.62. The Hall–Kier alpha value is 0.270. The summed E-state index contributed by atoms with van der Waals surface area (Å²) in [4.78, 5) is 0.265. The fourth-order valence-corrected chi connectivity index (χ4v) is 3.60. The Balaban J connectivity index is 2.04. The predicted octanol–water partition coefficient (Wildman–Crippen LogP) is 1.61. The lowest BCUT2D eigenvalue weighted by molar-refractivity contribution is 0.106. The maximum absolute atomic E-state index is 5.60. The minimum atomic E-state index is 0.265. The maximum Gasteiger partial charge on any atom is 0.0932 e. The first kappa shape index (κ1) is 8.85. The van der Waals surface area contributed by atoms with Gasteiger partial charge in [-0.05, 0) is 13.3 Å². The van der Waals surface area contributed by atoms with Crippen molar-refractivity contribution in [3.63, 3.8) is 0 Å². The summed E-state index contributed by atoms with van der Waals surface area (Å²) in [5.74, 6) is 1.25. The van der Waals surface area contributed by atoms with Crippen LogP contribution in [0.4, 0.5) is 0 Å². The van der Waals surface area contributed by atoms with E-state index in [1.165, 1.54) is 18.6 Å². The molecule has 2 aliphatic heterocycles. The van der Waals surface area contributed by atoms with Gasteiger partial charge in [0, 0.05) is 24.8 Å². The number of hydrogen-bond donors (Lipinski definition) is 1. The van der Waals surface area contributed by atoms with Crippen molar-refractivity contribution >= 4 is 11.8 Å². The van der Waals surface area contributed by atoms with E-state index in [2.05, 4.69) is 30.9 Å². The molecule has 2 nitrogen and oxygen atoms in total. The predicted molar refractivity (Wildman–Crippen MR) is 52.4 cm³/mol. The van der Waals surface area contributed by atoms with E-state index in [0.717, 1.165) is 6.61 Å². The second-order valence-corrected chi connectivity index (χ2v) is 5.06. The summed E-state index contributed by atoms with van der Waals surface area (Å²) in [5, 5.41) is 3.70. The molecule has 1 N–H and O–H groups in total. The molecule has 2 saturated heterocycles. The Morgan fingerprint density at radius 1 is 1.67 bits per heavy atom. The van der Waals surface area contributed by atoms with Crippen LogP contribution in [0.3, 0.4) is 0 Å². The molecule has 2 fully saturated rings. The van der Waals surface area contributed by atoms with Crippen molar-refractivity contribution in [1.29, 1.82) is 0 Å². The van der Waals surface area contributed by atoms with E-state index < -0.39 is 0 Å². The number of hydrogen-bond acceptors (Lipinski definition) is 3. The second kappa shape index (κ2) is 3.20. The summed E-state index contributed by atoms with van der Waals surface area (Å²) in [5.41, 5.74) is 0. The fraction of sp³-hybridized carbons (Fsp3) is 1.00. The first-order valence-electron chi connectivity index (χ1n) is 4.80. The average molecular weight is 187 g/mol. The molecule has 0 amide bonds. The van der Waals surface area contributed by atoms with Gasteiger partial charge in [-0.25, -0.2) is 0 Å². The molecule has 3 unspecified atom stereocenters. The molecule has 12 heavy (non-hydrogen) atoms. The molecule has 3 heteroatoms. The largest absolute Gasteiger partial charge is 0.376 e. The van der Waals surface area contributed by atoms with Crippen molar-refractivity contribution in [1.82, 2.24) is 5.32 Å². The van der Waals surface area contributed by atoms with Gasteiger partial charge in [-0.2, -0.15) is 0 Å². The molecule has 0 aromatic rings. The van der Waals surface area contributed by atoms with Crippen LogP contribution in [0.2, 0.25) is 0 Å². The number of thioether (sulfide) groups is 1. The van der Waals surface area contributed by atoms with Gasteiger partial charge < -0.3 is 4.74 Å². The zero-order valence-electron chi connectivity index (χ0n) is 7.80. The van der Waals surface area contributed by atoms with E-state index >= 15 is 0 Å². The molecular formula is C9H17NOS. The van der Waals surface area contributed by atoms with Crippen LogP contribution in [0.5, 0.6) is 0 Å². The Kier molecular flexibility index (Phi) is 2.36. The van der Waals surface area contributed by atoms with Crippen LogP contribution in [-0.4, -0.2) is 29.4 Å². The normalized spacial score (nSPS) is 47.5. The third-order valence-corrected chi connectivity index (χ3v) is 4.72. The molecule has 0 aliphatic carbocycles. The van der Waals surface area contributed by atoms with Gasteiger partial charge in [-0.3, -0.25) is 5.32 Å². The first-order valence-corrected chi connectivity index (χ1v) is 5.78. The highest BCUT2D eigenvalue weighted by Gasteiger charge is 2.46. The molecule has 70 valence electrons. The van der Waals surface area contributed by atoms with Crippen molar-refractivity contribution in [2.45, 2.75) is 43.7 Å². The van der Waals surface area contributed by atoms with Crippen LogP contribution in [0, 0.1) is 0 Å². The van der Waals surface area contributed by atoms with E-state index in [0.29, 0.717) is 12.1 Å². The average Bonchev–Trinajstić information content (AvgIpc) is 2.63. The van der Waals surface area contributed by atoms with Gasteiger partial charge in [-0.1, -0.05) is 6.92 Å².